The molecule has 25 heavy (non-hydrogen) atoms. The Hall–Kier alpha value is -2.13. The Morgan fingerprint density at radius 3 is 2.28 bits per heavy atom. The van der Waals surface area contributed by atoms with Crippen LogP contribution in [0.25, 0.3) is 0 Å². The standard InChI is InChI=1S/C16H23NO7S/c1-12(18)22-11-14-8-6-7-13(9-14)10-17(24-25(5,20)21)15(19)23-16(2,3)4/h6-9H,10-11H2,1-5H3. The van der Waals surface area contributed by atoms with Gasteiger partial charge in [-0.05, 0) is 31.9 Å². The number of hydroxylamine groups is 2. The lowest BCUT2D eigenvalue weighted by Gasteiger charge is -2.25. The van der Waals surface area contributed by atoms with Crippen LogP contribution in [0.4, 0.5) is 4.79 Å². The molecule has 0 N–H and O–H groups in total. The number of benzene rings is 1. The smallest absolute Gasteiger partial charge is 0.435 e. The second-order valence-electron chi connectivity index (χ2n) is 6.40. The highest BCUT2D eigenvalue weighted by molar-refractivity contribution is 7.85. The van der Waals surface area contributed by atoms with Gasteiger partial charge in [0.2, 0.25) is 0 Å². The number of nitrogens with zero attached hydrogens (tertiary/aromatic N) is 1. The van der Waals surface area contributed by atoms with Crippen LogP contribution in [0.2, 0.25) is 0 Å². The monoisotopic (exact) mass is 373 g/mol. The average molecular weight is 373 g/mol. The summed E-state index contributed by atoms with van der Waals surface area (Å²) in [5.41, 5.74) is 0.461. The van der Waals surface area contributed by atoms with Crippen LogP contribution in [0, 0.1) is 0 Å². The topological polar surface area (TPSA) is 99.2 Å². The molecule has 0 aliphatic rings. The van der Waals surface area contributed by atoms with Crippen molar-refractivity contribution in [2.75, 3.05) is 6.26 Å². The first kappa shape index (κ1) is 20.9. The van der Waals surface area contributed by atoms with E-state index in [4.69, 9.17) is 13.8 Å². The highest BCUT2D eigenvalue weighted by Crippen LogP contribution is 2.15. The summed E-state index contributed by atoms with van der Waals surface area (Å²) in [6.45, 7) is 6.18. The Labute approximate surface area is 147 Å². The van der Waals surface area contributed by atoms with E-state index in [-0.39, 0.29) is 13.2 Å². The van der Waals surface area contributed by atoms with E-state index in [0.29, 0.717) is 16.2 Å². The third-order valence-corrected chi connectivity index (χ3v) is 3.03. The van der Waals surface area contributed by atoms with Gasteiger partial charge < -0.3 is 9.47 Å². The largest absolute Gasteiger partial charge is 0.461 e. The highest BCUT2D eigenvalue weighted by Gasteiger charge is 2.26. The van der Waals surface area contributed by atoms with E-state index < -0.39 is 27.8 Å². The van der Waals surface area contributed by atoms with E-state index in [1.165, 1.54) is 6.92 Å². The summed E-state index contributed by atoms with van der Waals surface area (Å²) in [6, 6.07) is 6.79. The van der Waals surface area contributed by atoms with Gasteiger partial charge in [-0.2, -0.15) is 13.5 Å². The lowest BCUT2D eigenvalue weighted by molar-refractivity contribution is -0.142. The average Bonchev–Trinajstić information content (AvgIpc) is 2.41. The molecule has 0 saturated heterocycles. The van der Waals surface area contributed by atoms with Gasteiger partial charge in [-0.1, -0.05) is 24.3 Å². The maximum Gasteiger partial charge on any atom is 0.435 e. The van der Waals surface area contributed by atoms with Crippen molar-refractivity contribution < 1.29 is 31.8 Å². The number of ether oxygens (including phenoxy) is 2. The van der Waals surface area contributed by atoms with Crippen LogP contribution in [0.5, 0.6) is 0 Å². The van der Waals surface area contributed by atoms with Crippen LogP contribution in [-0.2, 0) is 41.8 Å². The van der Waals surface area contributed by atoms with Gasteiger partial charge >= 0.3 is 12.1 Å². The zero-order valence-electron chi connectivity index (χ0n) is 14.9. The molecule has 1 aromatic rings. The van der Waals surface area contributed by atoms with E-state index in [1.54, 1.807) is 45.0 Å². The maximum atomic E-state index is 12.2. The first-order chi connectivity index (χ1) is 11.4. The number of amides is 1. The van der Waals surface area contributed by atoms with Crippen molar-refractivity contribution in [2.24, 2.45) is 0 Å². The summed E-state index contributed by atoms with van der Waals surface area (Å²) in [6.07, 6.45) is -0.0927. The second-order valence-corrected chi connectivity index (χ2v) is 7.95. The summed E-state index contributed by atoms with van der Waals surface area (Å²) in [4.78, 5) is 23.1. The van der Waals surface area contributed by atoms with Crippen LogP contribution in [0.15, 0.2) is 24.3 Å². The minimum Gasteiger partial charge on any atom is -0.461 e. The predicted molar refractivity (Wildman–Crippen MR) is 89.6 cm³/mol. The third-order valence-electron chi connectivity index (χ3n) is 2.58. The van der Waals surface area contributed by atoms with Gasteiger partial charge in [0.25, 0.3) is 10.1 Å². The van der Waals surface area contributed by atoms with Crippen LogP contribution >= 0.6 is 0 Å². The molecule has 0 radical (unpaired) electrons. The molecule has 0 aliphatic carbocycles. The van der Waals surface area contributed by atoms with E-state index >= 15 is 0 Å². The number of rotatable bonds is 6. The fourth-order valence-corrected chi connectivity index (χ4v) is 2.21. The van der Waals surface area contributed by atoms with E-state index in [1.807, 2.05) is 0 Å². The summed E-state index contributed by atoms with van der Waals surface area (Å²) < 4.78 is 37.6. The van der Waals surface area contributed by atoms with Gasteiger partial charge in [0.15, 0.2) is 0 Å². The molecule has 0 aromatic heterocycles. The maximum absolute atomic E-state index is 12.2. The number of hydrogen-bond acceptors (Lipinski definition) is 7. The molecule has 0 bridgehead atoms. The minimum atomic E-state index is -3.92. The Bertz CT molecular complexity index is 722. The highest BCUT2D eigenvalue weighted by atomic mass is 32.2. The van der Waals surface area contributed by atoms with Crippen molar-refractivity contribution in [3.8, 4) is 0 Å². The van der Waals surface area contributed by atoms with E-state index in [2.05, 4.69) is 0 Å². The molecule has 140 valence electrons. The lowest BCUT2D eigenvalue weighted by atomic mass is 10.1. The second kappa shape index (κ2) is 8.30. The van der Waals surface area contributed by atoms with Gasteiger partial charge in [-0.25, -0.2) is 4.79 Å². The molecule has 0 unspecified atom stereocenters. The van der Waals surface area contributed by atoms with Gasteiger partial charge in [0.1, 0.15) is 12.2 Å². The molecule has 1 amide bonds. The first-order valence-corrected chi connectivity index (χ1v) is 9.28. The van der Waals surface area contributed by atoms with Crippen LogP contribution < -0.4 is 0 Å². The molecular formula is C16H23NO7S. The van der Waals surface area contributed by atoms with Crippen molar-refractivity contribution >= 4 is 22.2 Å². The SMILES string of the molecule is CC(=O)OCc1cccc(CN(OS(C)(=O)=O)C(=O)OC(C)(C)C)c1. The van der Waals surface area contributed by atoms with Gasteiger partial charge in [0, 0.05) is 6.92 Å². The summed E-state index contributed by atoms with van der Waals surface area (Å²) >= 11 is 0. The molecular weight excluding hydrogens is 350 g/mol. The van der Waals surface area contributed by atoms with Gasteiger partial charge in [0.05, 0.1) is 12.8 Å². The lowest BCUT2D eigenvalue weighted by Crippen LogP contribution is -2.37. The molecule has 0 fully saturated rings. The van der Waals surface area contributed by atoms with E-state index in [9.17, 15) is 18.0 Å². The Morgan fingerprint density at radius 1 is 1.16 bits per heavy atom. The Balaban J connectivity index is 2.95. The zero-order valence-corrected chi connectivity index (χ0v) is 15.8. The molecule has 0 saturated carbocycles. The summed E-state index contributed by atoms with van der Waals surface area (Å²) in [5, 5.41) is 0.630. The van der Waals surface area contributed by atoms with Crippen molar-refractivity contribution in [1.82, 2.24) is 5.06 Å². The van der Waals surface area contributed by atoms with Crippen molar-refractivity contribution in [2.45, 2.75) is 46.4 Å². The molecule has 0 heterocycles. The molecule has 8 nitrogen and oxygen atoms in total. The molecule has 1 aromatic carbocycles. The normalized spacial score (nSPS) is 11.7. The molecule has 0 spiro atoms. The fourth-order valence-electron chi connectivity index (χ4n) is 1.77. The van der Waals surface area contributed by atoms with Crippen LogP contribution in [0.3, 0.4) is 0 Å². The molecule has 9 heteroatoms. The molecule has 1 rings (SSSR count). The van der Waals surface area contributed by atoms with Crippen molar-refractivity contribution in [3.63, 3.8) is 0 Å². The quantitative estimate of drug-likeness (QED) is 0.557. The summed E-state index contributed by atoms with van der Waals surface area (Å²) in [5.74, 6) is -0.416. The number of esters is 1. The van der Waals surface area contributed by atoms with Gasteiger partial charge in [-0.15, -0.1) is 4.28 Å². The number of hydrogen-bond donors (Lipinski definition) is 0. The molecule has 0 atom stereocenters. The Morgan fingerprint density at radius 2 is 1.76 bits per heavy atom. The van der Waals surface area contributed by atoms with Gasteiger partial charge in [-0.3, -0.25) is 4.79 Å². The third kappa shape index (κ3) is 9.06. The molecule has 0 aliphatic heterocycles. The van der Waals surface area contributed by atoms with Crippen LogP contribution in [-0.4, -0.2) is 37.4 Å². The van der Waals surface area contributed by atoms with Crippen molar-refractivity contribution in [3.05, 3.63) is 35.4 Å². The minimum absolute atomic E-state index is 0.0720. The van der Waals surface area contributed by atoms with Crippen LogP contribution in [0.1, 0.15) is 38.8 Å². The first-order valence-electron chi connectivity index (χ1n) is 7.47. The zero-order chi connectivity index (χ0) is 19.3. The Kier molecular flexibility index (Phi) is 6.95. The van der Waals surface area contributed by atoms with E-state index in [0.717, 1.165) is 6.26 Å². The summed E-state index contributed by atoms with van der Waals surface area (Å²) in [7, 11) is -3.92. The number of carbonyl (C=O) groups is 2. The number of carbonyl (C=O) groups excluding carboxylic acids is 2. The predicted octanol–water partition coefficient (Wildman–Crippen LogP) is 2.38. The fraction of sp³-hybridized carbons (Fsp3) is 0.500. The van der Waals surface area contributed by atoms with Crippen molar-refractivity contribution in [1.29, 1.82) is 0 Å².